The number of nitrogens with two attached hydrogens (primary N) is 1. The first-order chi connectivity index (χ1) is 17.0. The van der Waals surface area contributed by atoms with E-state index in [4.69, 9.17) is 15.5 Å². The third kappa shape index (κ3) is 5.12. The van der Waals surface area contributed by atoms with Crippen LogP contribution in [0, 0.1) is 18.3 Å². The van der Waals surface area contributed by atoms with E-state index in [2.05, 4.69) is 32.3 Å². The highest BCUT2D eigenvalue weighted by molar-refractivity contribution is 5.81. The highest BCUT2D eigenvalue weighted by Crippen LogP contribution is 2.29. The molecule has 0 bridgehead atoms. The first-order valence-electron chi connectivity index (χ1n) is 11.9. The lowest BCUT2D eigenvalue weighted by Gasteiger charge is -2.41. The fraction of sp³-hybridized carbons (Fsp3) is 0.480. The van der Waals surface area contributed by atoms with Gasteiger partial charge in [0.15, 0.2) is 0 Å². The van der Waals surface area contributed by atoms with Crippen molar-refractivity contribution in [2.45, 2.75) is 52.8 Å². The summed E-state index contributed by atoms with van der Waals surface area (Å²) in [5.41, 5.74) is 9.81. The molecule has 1 fully saturated rings. The van der Waals surface area contributed by atoms with Crippen molar-refractivity contribution in [2.75, 3.05) is 35.6 Å². The monoisotopic (exact) mass is 491 g/mol. The molecule has 1 aliphatic rings. The standard InChI is InChI=1S/C25H33N9O2/c1-15-14-33(9-10-34(15)24(35)36-25(3,4)5)21-11-20-18(7-8-32(20)6)30-19(21)13-28-22-17(12-26)16(2)29-23(27)31-22/h7-8,11,15H,9-10,13-14H2,1-6H3,(H3,27,28,29,31). The molecule has 11 heteroatoms. The molecule has 3 aromatic heterocycles. The van der Waals surface area contributed by atoms with Gasteiger partial charge in [-0.3, -0.25) is 0 Å². The third-order valence-corrected chi connectivity index (χ3v) is 6.16. The topological polar surface area (TPSA) is 138 Å². The number of aromatic nitrogens is 4. The predicted molar refractivity (Wildman–Crippen MR) is 139 cm³/mol. The number of nitrogens with zero attached hydrogens (tertiary/aromatic N) is 7. The number of rotatable bonds is 4. The van der Waals surface area contributed by atoms with Gasteiger partial charge >= 0.3 is 6.09 Å². The summed E-state index contributed by atoms with van der Waals surface area (Å²) in [6.07, 6.45) is 1.68. The van der Waals surface area contributed by atoms with Crippen LogP contribution in [0.4, 0.5) is 22.2 Å². The summed E-state index contributed by atoms with van der Waals surface area (Å²) in [6.45, 7) is 11.5. The number of aryl methyl sites for hydroxylation is 2. The van der Waals surface area contributed by atoms with Crippen LogP contribution in [-0.2, 0) is 18.3 Å². The average molecular weight is 492 g/mol. The fourth-order valence-corrected chi connectivity index (χ4v) is 4.41. The van der Waals surface area contributed by atoms with Crippen molar-refractivity contribution in [3.05, 3.63) is 35.3 Å². The van der Waals surface area contributed by atoms with E-state index in [9.17, 15) is 10.1 Å². The van der Waals surface area contributed by atoms with Crippen LogP contribution in [0.25, 0.3) is 11.0 Å². The molecule has 1 atom stereocenters. The Morgan fingerprint density at radius 2 is 2.06 bits per heavy atom. The summed E-state index contributed by atoms with van der Waals surface area (Å²) >= 11 is 0. The van der Waals surface area contributed by atoms with Crippen LogP contribution in [0.1, 0.15) is 44.6 Å². The molecule has 1 saturated heterocycles. The Balaban J connectivity index is 1.62. The van der Waals surface area contributed by atoms with Gasteiger partial charge in [0.25, 0.3) is 0 Å². The van der Waals surface area contributed by atoms with Crippen molar-refractivity contribution in [3.63, 3.8) is 0 Å². The summed E-state index contributed by atoms with van der Waals surface area (Å²) in [4.78, 5) is 30.0. The smallest absolute Gasteiger partial charge is 0.410 e. The number of nitrogen functional groups attached to an aromatic ring is 1. The largest absolute Gasteiger partial charge is 0.444 e. The van der Waals surface area contributed by atoms with Crippen LogP contribution < -0.4 is 16.0 Å². The summed E-state index contributed by atoms with van der Waals surface area (Å²) in [7, 11) is 1.99. The lowest BCUT2D eigenvalue weighted by Crippen LogP contribution is -2.55. The normalized spacial score (nSPS) is 16.2. The number of pyridine rings is 1. The van der Waals surface area contributed by atoms with Crippen LogP contribution in [0.3, 0.4) is 0 Å². The molecule has 1 amide bonds. The summed E-state index contributed by atoms with van der Waals surface area (Å²) in [6, 6.07) is 6.20. The molecule has 0 spiro atoms. The Bertz CT molecular complexity index is 1340. The van der Waals surface area contributed by atoms with E-state index in [1.807, 2.05) is 51.6 Å². The molecular formula is C25H33N9O2. The Morgan fingerprint density at radius 3 is 2.72 bits per heavy atom. The number of hydrogen-bond acceptors (Lipinski definition) is 9. The zero-order chi connectivity index (χ0) is 26.2. The first-order valence-corrected chi connectivity index (χ1v) is 11.9. The maximum atomic E-state index is 12.7. The van der Waals surface area contributed by atoms with Gasteiger partial charge in [-0.1, -0.05) is 0 Å². The van der Waals surface area contributed by atoms with Crippen LogP contribution in [0.2, 0.25) is 0 Å². The average Bonchev–Trinajstić information content (AvgIpc) is 3.15. The van der Waals surface area contributed by atoms with Crippen molar-refractivity contribution in [2.24, 2.45) is 7.05 Å². The lowest BCUT2D eigenvalue weighted by molar-refractivity contribution is 0.0159. The van der Waals surface area contributed by atoms with E-state index in [0.29, 0.717) is 43.3 Å². The molecule has 4 heterocycles. The van der Waals surface area contributed by atoms with E-state index >= 15 is 0 Å². The highest BCUT2D eigenvalue weighted by atomic mass is 16.6. The number of ether oxygens (including phenoxy) is 1. The number of hydrogen-bond donors (Lipinski definition) is 2. The van der Waals surface area contributed by atoms with Crippen molar-refractivity contribution in [3.8, 4) is 6.07 Å². The molecular weight excluding hydrogens is 458 g/mol. The van der Waals surface area contributed by atoms with Gasteiger partial charge in [-0.2, -0.15) is 10.2 Å². The van der Waals surface area contributed by atoms with Gasteiger partial charge in [0, 0.05) is 38.9 Å². The molecule has 0 aromatic carbocycles. The zero-order valence-corrected chi connectivity index (χ0v) is 21.7. The number of nitriles is 1. The van der Waals surface area contributed by atoms with Crippen LogP contribution >= 0.6 is 0 Å². The van der Waals surface area contributed by atoms with Crippen molar-refractivity contribution < 1.29 is 9.53 Å². The first kappa shape index (κ1) is 25.0. The Morgan fingerprint density at radius 1 is 1.31 bits per heavy atom. The SMILES string of the molecule is Cc1nc(N)nc(NCc2nc3ccn(C)c3cc2N2CCN(C(=O)OC(C)(C)C)C(C)C2)c1C#N. The predicted octanol–water partition coefficient (Wildman–Crippen LogP) is 3.18. The maximum Gasteiger partial charge on any atom is 0.410 e. The van der Waals surface area contributed by atoms with E-state index in [-0.39, 0.29) is 18.1 Å². The van der Waals surface area contributed by atoms with Crippen LogP contribution in [-0.4, -0.2) is 61.8 Å². The Kier molecular flexibility index (Phi) is 6.63. The molecule has 36 heavy (non-hydrogen) atoms. The molecule has 3 aromatic rings. The van der Waals surface area contributed by atoms with E-state index in [1.54, 1.807) is 11.8 Å². The zero-order valence-electron chi connectivity index (χ0n) is 21.7. The van der Waals surface area contributed by atoms with Gasteiger partial charge in [-0.25, -0.2) is 14.8 Å². The fourth-order valence-electron chi connectivity index (χ4n) is 4.41. The summed E-state index contributed by atoms with van der Waals surface area (Å²) < 4.78 is 7.63. The number of nitrogens with one attached hydrogen (secondary N) is 1. The molecule has 0 radical (unpaired) electrons. The number of fused-ring (bicyclic) bond motifs is 1. The van der Waals surface area contributed by atoms with Crippen LogP contribution in [0.15, 0.2) is 18.3 Å². The van der Waals surface area contributed by atoms with E-state index in [0.717, 1.165) is 22.4 Å². The quantitative estimate of drug-likeness (QED) is 0.563. The summed E-state index contributed by atoms with van der Waals surface area (Å²) in [5, 5.41) is 12.8. The molecule has 190 valence electrons. The van der Waals surface area contributed by atoms with E-state index < -0.39 is 5.60 Å². The molecule has 4 rings (SSSR count). The van der Waals surface area contributed by atoms with Gasteiger partial charge < -0.3 is 30.2 Å². The number of carbonyl (C=O) groups is 1. The molecule has 0 aliphatic carbocycles. The lowest BCUT2D eigenvalue weighted by atomic mass is 10.1. The molecule has 1 aliphatic heterocycles. The molecule has 0 saturated carbocycles. The molecule has 1 unspecified atom stereocenters. The minimum Gasteiger partial charge on any atom is -0.444 e. The highest BCUT2D eigenvalue weighted by Gasteiger charge is 2.32. The van der Waals surface area contributed by atoms with Gasteiger partial charge in [-0.05, 0) is 46.8 Å². The number of anilines is 3. The minimum absolute atomic E-state index is 0.0481. The van der Waals surface area contributed by atoms with Crippen molar-refractivity contribution >= 4 is 34.6 Å². The molecule has 11 nitrogen and oxygen atoms in total. The van der Waals surface area contributed by atoms with E-state index in [1.165, 1.54) is 0 Å². The number of amides is 1. The molecule has 3 N–H and O–H groups in total. The van der Waals surface area contributed by atoms with Crippen LogP contribution in [0.5, 0.6) is 0 Å². The summed E-state index contributed by atoms with van der Waals surface area (Å²) in [5.74, 6) is 0.485. The second kappa shape index (κ2) is 9.53. The maximum absolute atomic E-state index is 12.7. The van der Waals surface area contributed by atoms with Crippen molar-refractivity contribution in [1.29, 1.82) is 5.26 Å². The second-order valence-corrected chi connectivity index (χ2v) is 10.1. The van der Waals surface area contributed by atoms with Gasteiger partial charge in [-0.15, -0.1) is 0 Å². The third-order valence-electron chi connectivity index (χ3n) is 6.16. The Labute approximate surface area is 210 Å². The Hall–Kier alpha value is -4.07. The number of carbonyl (C=O) groups excluding carboxylic acids is 1. The second-order valence-electron chi connectivity index (χ2n) is 10.1. The van der Waals surface area contributed by atoms with Gasteiger partial charge in [0.2, 0.25) is 5.95 Å². The van der Waals surface area contributed by atoms with Crippen molar-refractivity contribution in [1.82, 2.24) is 24.4 Å². The minimum atomic E-state index is -0.542. The van der Waals surface area contributed by atoms with Gasteiger partial charge in [0.05, 0.1) is 34.7 Å². The number of piperazine rings is 1. The van der Waals surface area contributed by atoms with Gasteiger partial charge in [0.1, 0.15) is 23.1 Å².